The van der Waals surface area contributed by atoms with Crippen molar-refractivity contribution in [2.75, 3.05) is 12.4 Å². The van der Waals surface area contributed by atoms with E-state index < -0.39 is 0 Å². The van der Waals surface area contributed by atoms with Gasteiger partial charge in [-0.3, -0.25) is 9.36 Å². The molecule has 1 aromatic heterocycles. The van der Waals surface area contributed by atoms with Crippen LogP contribution in [0.4, 0.5) is 5.95 Å². The van der Waals surface area contributed by atoms with Gasteiger partial charge in [0, 0.05) is 17.2 Å². The lowest BCUT2D eigenvalue weighted by Gasteiger charge is -2.30. The molecule has 0 bridgehead atoms. The molecule has 0 saturated heterocycles. The second-order valence-corrected chi connectivity index (χ2v) is 6.91. The molecule has 0 unspecified atom stereocenters. The second kappa shape index (κ2) is 6.04. The summed E-state index contributed by atoms with van der Waals surface area (Å²) in [6.07, 6.45) is 0. The van der Waals surface area contributed by atoms with Crippen LogP contribution in [0.1, 0.15) is 18.5 Å². The average Bonchev–Trinajstić information content (AvgIpc) is 2.98. The predicted octanol–water partition coefficient (Wildman–Crippen LogP) is 3.83. The van der Waals surface area contributed by atoms with Gasteiger partial charge in [0.25, 0.3) is 5.91 Å². The molecule has 1 aliphatic rings. The number of hydrogen-bond donors (Lipinski definition) is 2. The number of rotatable bonds is 2. The number of benzene rings is 2. The summed E-state index contributed by atoms with van der Waals surface area (Å²) in [5, 5.41) is 6.05. The van der Waals surface area contributed by atoms with Crippen LogP contribution in [0.5, 0.6) is 0 Å². The monoisotopic (exact) mass is 396 g/mol. The Balaban J connectivity index is 2.01. The number of nitrogens with one attached hydrogen (secondary N) is 2. The standard InChI is InChI=1S/C19H17BrN4O/c1-11-16(18(25)21-2)17(12-7-9-13(20)10-8-12)24-15-6-4-3-5-14(15)23-19(24)22-11/h3-10,17H,1-2H3,(H,21,25)(H,22,23)/t17-/m0/s1. The van der Waals surface area contributed by atoms with Gasteiger partial charge in [0.15, 0.2) is 0 Å². The van der Waals surface area contributed by atoms with Crippen molar-refractivity contribution < 1.29 is 4.79 Å². The van der Waals surface area contributed by atoms with Crippen LogP contribution in [0.3, 0.4) is 0 Å². The number of likely N-dealkylation sites (N-methyl/N-ethyl adjacent to an activating group) is 1. The first kappa shape index (κ1) is 15.9. The molecule has 0 fully saturated rings. The van der Waals surface area contributed by atoms with Gasteiger partial charge in [-0.05, 0) is 36.8 Å². The van der Waals surface area contributed by atoms with E-state index in [1.807, 2.05) is 55.5 Å². The number of imidazole rings is 1. The minimum absolute atomic E-state index is 0.0960. The third kappa shape index (κ3) is 2.53. The van der Waals surface area contributed by atoms with Crippen LogP contribution in [0.2, 0.25) is 0 Å². The number of para-hydroxylation sites is 2. The summed E-state index contributed by atoms with van der Waals surface area (Å²) in [5.74, 6) is 0.653. The molecule has 2 heterocycles. The molecule has 0 aliphatic carbocycles. The van der Waals surface area contributed by atoms with E-state index in [-0.39, 0.29) is 11.9 Å². The maximum atomic E-state index is 12.6. The zero-order valence-electron chi connectivity index (χ0n) is 13.9. The van der Waals surface area contributed by atoms with Gasteiger partial charge < -0.3 is 10.6 Å². The van der Waals surface area contributed by atoms with Crippen molar-refractivity contribution in [1.82, 2.24) is 14.9 Å². The number of halogens is 1. The zero-order valence-corrected chi connectivity index (χ0v) is 15.5. The summed E-state index contributed by atoms with van der Waals surface area (Å²) in [5.41, 5.74) is 4.44. The van der Waals surface area contributed by atoms with Gasteiger partial charge in [-0.25, -0.2) is 4.98 Å². The molecule has 5 nitrogen and oxygen atoms in total. The first-order valence-electron chi connectivity index (χ1n) is 8.02. The minimum Gasteiger partial charge on any atom is -0.355 e. The van der Waals surface area contributed by atoms with Crippen LogP contribution >= 0.6 is 15.9 Å². The van der Waals surface area contributed by atoms with E-state index in [0.717, 1.165) is 32.7 Å². The predicted molar refractivity (Wildman–Crippen MR) is 102 cm³/mol. The van der Waals surface area contributed by atoms with E-state index >= 15 is 0 Å². The van der Waals surface area contributed by atoms with Crippen molar-refractivity contribution in [3.05, 3.63) is 69.8 Å². The lowest BCUT2D eigenvalue weighted by Crippen LogP contribution is -2.33. The Labute approximate surface area is 153 Å². The Kier molecular flexibility index (Phi) is 3.84. The molecular weight excluding hydrogens is 380 g/mol. The van der Waals surface area contributed by atoms with Gasteiger partial charge in [0.05, 0.1) is 22.6 Å². The Morgan fingerprint density at radius 1 is 1.20 bits per heavy atom. The first-order valence-corrected chi connectivity index (χ1v) is 8.81. The van der Waals surface area contributed by atoms with Crippen LogP contribution in [-0.4, -0.2) is 22.5 Å². The molecule has 2 aromatic carbocycles. The van der Waals surface area contributed by atoms with Gasteiger partial charge in [-0.1, -0.05) is 40.2 Å². The van der Waals surface area contributed by atoms with E-state index in [1.54, 1.807) is 7.05 Å². The molecule has 126 valence electrons. The Bertz CT molecular complexity index is 1000. The Hall–Kier alpha value is -2.60. The number of carbonyl (C=O) groups excluding carboxylic acids is 1. The van der Waals surface area contributed by atoms with E-state index in [4.69, 9.17) is 4.98 Å². The van der Waals surface area contributed by atoms with Crippen LogP contribution in [0.25, 0.3) is 11.0 Å². The highest BCUT2D eigenvalue weighted by Crippen LogP contribution is 2.39. The van der Waals surface area contributed by atoms with E-state index in [0.29, 0.717) is 5.57 Å². The number of hydrogen-bond acceptors (Lipinski definition) is 3. The molecule has 6 heteroatoms. The summed E-state index contributed by atoms with van der Waals surface area (Å²) in [6.45, 7) is 1.92. The highest BCUT2D eigenvalue weighted by molar-refractivity contribution is 9.10. The molecule has 1 aliphatic heterocycles. The van der Waals surface area contributed by atoms with Crippen molar-refractivity contribution in [2.45, 2.75) is 13.0 Å². The largest absolute Gasteiger partial charge is 0.355 e. The van der Waals surface area contributed by atoms with Crippen LogP contribution in [0, 0.1) is 0 Å². The number of carbonyl (C=O) groups is 1. The van der Waals surface area contributed by atoms with E-state index in [2.05, 4.69) is 31.1 Å². The van der Waals surface area contributed by atoms with Crippen LogP contribution < -0.4 is 10.6 Å². The van der Waals surface area contributed by atoms with E-state index in [9.17, 15) is 4.79 Å². The number of nitrogens with zero attached hydrogens (tertiary/aromatic N) is 2. The molecule has 0 spiro atoms. The number of aromatic nitrogens is 2. The topological polar surface area (TPSA) is 59.0 Å². The summed E-state index contributed by atoms with van der Waals surface area (Å²) >= 11 is 3.48. The third-order valence-corrected chi connectivity index (χ3v) is 5.02. The fraction of sp³-hybridized carbons (Fsp3) is 0.158. The van der Waals surface area contributed by atoms with Gasteiger partial charge in [0.1, 0.15) is 0 Å². The number of allylic oxidation sites excluding steroid dienone is 1. The van der Waals surface area contributed by atoms with Gasteiger partial charge >= 0.3 is 0 Å². The van der Waals surface area contributed by atoms with Gasteiger partial charge in [-0.15, -0.1) is 0 Å². The average molecular weight is 397 g/mol. The molecule has 25 heavy (non-hydrogen) atoms. The highest BCUT2D eigenvalue weighted by atomic mass is 79.9. The quantitative estimate of drug-likeness (QED) is 0.691. The maximum absolute atomic E-state index is 12.6. The van der Waals surface area contributed by atoms with Crippen LogP contribution in [-0.2, 0) is 4.79 Å². The van der Waals surface area contributed by atoms with Crippen molar-refractivity contribution in [3.8, 4) is 0 Å². The summed E-state index contributed by atoms with van der Waals surface area (Å²) in [7, 11) is 1.66. The Morgan fingerprint density at radius 2 is 1.92 bits per heavy atom. The van der Waals surface area contributed by atoms with Crippen molar-refractivity contribution >= 4 is 38.8 Å². The smallest absolute Gasteiger partial charge is 0.251 e. The molecule has 1 atom stereocenters. The number of amides is 1. The normalized spacial score (nSPS) is 16.5. The summed E-state index contributed by atoms with van der Waals surface area (Å²) < 4.78 is 3.10. The van der Waals surface area contributed by atoms with Gasteiger partial charge in [0.2, 0.25) is 5.95 Å². The second-order valence-electron chi connectivity index (χ2n) is 5.99. The van der Waals surface area contributed by atoms with Gasteiger partial charge in [-0.2, -0.15) is 0 Å². The molecule has 1 amide bonds. The SMILES string of the molecule is CNC(=O)C1=C(C)Nc2nc3ccccc3n2[C@H]1c1ccc(Br)cc1. The minimum atomic E-state index is -0.239. The number of anilines is 1. The summed E-state index contributed by atoms with van der Waals surface area (Å²) in [6, 6.07) is 15.8. The van der Waals surface area contributed by atoms with Crippen molar-refractivity contribution in [3.63, 3.8) is 0 Å². The van der Waals surface area contributed by atoms with E-state index in [1.165, 1.54) is 0 Å². The molecule has 4 rings (SSSR count). The molecule has 2 N–H and O–H groups in total. The molecule has 3 aromatic rings. The first-order chi connectivity index (χ1) is 12.1. The van der Waals surface area contributed by atoms with Crippen LogP contribution in [0.15, 0.2) is 64.3 Å². The lowest BCUT2D eigenvalue weighted by molar-refractivity contribution is -0.117. The fourth-order valence-corrected chi connectivity index (χ4v) is 3.62. The van der Waals surface area contributed by atoms with Crippen molar-refractivity contribution in [1.29, 1.82) is 0 Å². The lowest BCUT2D eigenvalue weighted by atomic mass is 9.94. The zero-order chi connectivity index (χ0) is 17.6. The molecular formula is C19H17BrN4O. The molecule has 0 radical (unpaired) electrons. The third-order valence-electron chi connectivity index (χ3n) is 4.49. The van der Waals surface area contributed by atoms with Crippen molar-refractivity contribution in [2.24, 2.45) is 0 Å². The number of fused-ring (bicyclic) bond motifs is 3. The Morgan fingerprint density at radius 3 is 2.64 bits per heavy atom. The highest BCUT2D eigenvalue weighted by Gasteiger charge is 2.33. The summed E-state index contributed by atoms with van der Waals surface area (Å²) in [4.78, 5) is 17.3. The molecule has 0 saturated carbocycles. The fourth-order valence-electron chi connectivity index (χ4n) is 3.35. The maximum Gasteiger partial charge on any atom is 0.251 e.